The molecule has 1 aliphatic heterocycles. The van der Waals surface area contributed by atoms with Crippen LogP contribution in [0.1, 0.15) is 47.0 Å². The topological polar surface area (TPSA) is 29.3 Å². The Morgan fingerprint density at radius 2 is 1.81 bits per heavy atom. The van der Waals surface area contributed by atoms with E-state index in [0.29, 0.717) is 10.4 Å². The molecule has 0 bridgehead atoms. The smallest absolute Gasteiger partial charge is 0.0788 e. The Morgan fingerprint density at radius 3 is 2.19 bits per heavy atom. The van der Waals surface area contributed by atoms with Crippen LogP contribution in [0.4, 0.5) is 0 Å². The minimum atomic E-state index is 0.105. The molecule has 0 atom stereocenters. The molecular weight excluding hydrogens is 216 g/mol. The van der Waals surface area contributed by atoms with Crippen molar-refractivity contribution in [3.05, 3.63) is 0 Å². The van der Waals surface area contributed by atoms with Crippen molar-refractivity contribution in [2.45, 2.75) is 47.0 Å². The molecule has 0 saturated carbocycles. The minimum absolute atomic E-state index is 0.105. The van der Waals surface area contributed by atoms with Crippen molar-refractivity contribution in [3.8, 4) is 0 Å². The van der Waals surface area contributed by atoms with Crippen LogP contribution in [-0.2, 0) is 0 Å². The number of rotatable bonds is 3. The van der Waals surface area contributed by atoms with Crippen molar-refractivity contribution < 1.29 is 0 Å². The summed E-state index contributed by atoms with van der Waals surface area (Å²) in [4.78, 5) is 3.24. The molecule has 0 aromatic heterocycles. The van der Waals surface area contributed by atoms with Gasteiger partial charge in [0.2, 0.25) is 0 Å². The van der Waals surface area contributed by atoms with E-state index >= 15 is 0 Å². The number of hydrogen-bond acceptors (Lipinski definition) is 2. The number of likely N-dealkylation sites (tertiary alicyclic amines) is 1. The summed E-state index contributed by atoms with van der Waals surface area (Å²) in [6, 6.07) is 0. The van der Waals surface area contributed by atoms with Crippen molar-refractivity contribution in [2.75, 3.05) is 19.6 Å². The van der Waals surface area contributed by atoms with Gasteiger partial charge in [0.1, 0.15) is 0 Å². The quantitative estimate of drug-likeness (QED) is 0.772. The Hall–Kier alpha value is -0.150. The second kappa shape index (κ2) is 5.01. The monoisotopic (exact) mass is 242 g/mol. The molecule has 94 valence electrons. The molecule has 0 radical (unpaired) electrons. The van der Waals surface area contributed by atoms with Crippen LogP contribution in [0.15, 0.2) is 0 Å². The van der Waals surface area contributed by atoms with E-state index in [2.05, 4.69) is 32.6 Å². The number of hydrogen-bond donors (Lipinski definition) is 1. The standard InChI is InChI=1S/C13H26N2S/c1-12(2,3)5-8-15-9-6-13(4,7-10-15)11(14)16/h5-10H2,1-4H3,(H2,14,16). The van der Waals surface area contributed by atoms with Gasteiger partial charge >= 0.3 is 0 Å². The van der Waals surface area contributed by atoms with Crippen molar-refractivity contribution in [1.82, 2.24) is 4.90 Å². The van der Waals surface area contributed by atoms with Gasteiger partial charge in [-0.3, -0.25) is 0 Å². The zero-order valence-corrected chi connectivity index (χ0v) is 12.0. The second-order valence-corrected chi connectivity index (χ2v) is 7.02. The number of piperidine rings is 1. The van der Waals surface area contributed by atoms with E-state index < -0.39 is 0 Å². The van der Waals surface area contributed by atoms with E-state index in [1.165, 1.54) is 13.0 Å². The minimum Gasteiger partial charge on any atom is -0.393 e. The Labute approximate surface area is 106 Å². The maximum absolute atomic E-state index is 5.80. The molecule has 0 aromatic rings. The Balaban J connectivity index is 2.35. The normalized spacial score (nSPS) is 22.0. The van der Waals surface area contributed by atoms with E-state index in [0.717, 1.165) is 25.9 Å². The van der Waals surface area contributed by atoms with Gasteiger partial charge < -0.3 is 10.6 Å². The SMILES string of the molecule is CC(C)(C)CCN1CCC(C)(C(N)=S)CC1. The van der Waals surface area contributed by atoms with Gasteiger partial charge in [0.25, 0.3) is 0 Å². The predicted octanol–water partition coefficient (Wildman–Crippen LogP) is 2.81. The second-order valence-electron chi connectivity index (χ2n) is 6.58. The summed E-state index contributed by atoms with van der Waals surface area (Å²) < 4.78 is 0. The van der Waals surface area contributed by atoms with Gasteiger partial charge in [0.15, 0.2) is 0 Å². The highest BCUT2D eigenvalue weighted by molar-refractivity contribution is 7.80. The first-order chi connectivity index (χ1) is 7.23. The lowest BCUT2D eigenvalue weighted by atomic mass is 9.80. The highest BCUT2D eigenvalue weighted by Gasteiger charge is 2.32. The molecule has 0 spiro atoms. The maximum Gasteiger partial charge on any atom is 0.0788 e. The van der Waals surface area contributed by atoms with Gasteiger partial charge in [-0.1, -0.05) is 39.9 Å². The Kier molecular flexibility index (Phi) is 4.35. The summed E-state index contributed by atoms with van der Waals surface area (Å²) in [5, 5.41) is 0. The van der Waals surface area contributed by atoms with Crippen LogP contribution in [0.25, 0.3) is 0 Å². The maximum atomic E-state index is 5.80. The van der Waals surface area contributed by atoms with E-state index in [-0.39, 0.29) is 5.41 Å². The summed E-state index contributed by atoms with van der Waals surface area (Å²) in [7, 11) is 0. The average molecular weight is 242 g/mol. The van der Waals surface area contributed by atoms with E-state index in [9.17, 15) is 0 Å². The average Bonchev–Trinajstić information content (AvgIpc) is 2.15. The molecule has 2 N–H and O–H groups in total. The van der Waals surface area contributed by atoms with Crippen LogP contribution in [-0.4, -0.2) is 29.5 Å². The third kappa shape index (κ3) is 4.02. The zero-order chi connectivity index (χ0) is 12.4. The fourth-order valence-corrected chi connectivity index (χ4v) is 2.21. The Morgan fingerprint density at radius 1 is 1.31 bits per heavy atom. The van der Waals surface area contributed by atoms with Gasteiger partial charge in [-0.05, 0) is 44.3 Å². The highest BCUT2D eigenvalue weighted by Crippen LogP contribution is 2.31. The summed E-state index contributed by atoms with van der Waals surface area (Å²) in [5.74, 6) is 0. The number of nitrogens with zero attached hydrogens (tertiary/aromatic N) is 1. The van der Waals surface area contributed by atoms with Gasteiger partial charge in [-0.15, -0.1) is 0 Å². The molecule has 1 fully saturated rings. The molecule has 0 aromatic carbocycles. The summed E-state index contributed by atoms with van der Waals surface area (Å²) in [5.41, 5.74) is 6.34. The van der Waals surface area contributed by atoms with E-state index in [1.54, 1.807) is 0 Å². The zero-order valence-electron chi connectivity index (χ0n) is 11.2. The molecule has 1 rings (SSSR count). The van der Waals surface area contributed by atoms with Crippen LogP contribution in [0.5, 0.6) is 0 Å². The fraction of sp³-hybridized carbons (Fsp3) is 0.923. The van der Waals surface area contributed by atoms with Crippen molar-refractivity contribution in [1.29, 1.82) is 0 Å². The fourth-order valence-electron chi connectivity index (χ4n) is 2.01. The third-order valence-electron chi connectivity index (χ3n) is 3.73. The van der Waals surface area contributed by atoms with Crippen LogP contribution < -0.4 is 5.73 Å². The van der Waals surface area contributed by atoms with Crippen molar-refractivity contribution >= 4 is 17.2 Å². The summed E-state index contributed by atoms with van der Waals surface area (Å²) in [6.45, 7) is 12.6. The van der Waals surface area contributed by atoms with Crippen LogP contribution in [0.3, 0.4) is 0 Å². The number of nitrogens with two attached hydrogens (primary N) is 1. The first-order valence-corrected chi connectivity index (χ1v) is 6.66. The lowest BCUT2D eigenvalue weighted by Crippen LogP contribution is -2.45. The van der Waals surface area contributed by atoms with Gasteiger partial charge in [-0.25, -0.2) is 0 Å². The first kappa shape index (κ1) is 13.9. The van der Waals surface area contributed by atoms with Crippen molar-refractivity contribution in [2.24, 2.45) is 16.6 Å². The van der Waals surface area contributed by atoms with Gasteiger partial charge in [-0.2, -0.15) is 0 Å². The third-order valence-corrected chi connectivity index (χ3v) is 4.23. The summed E-state index contributed by atoms with van der Waals surface area (Å²) in [6.07, 6.45) is 3.50. The Bertz CT molecular complexity index is 247. The largest absolute Gasteiger partial charge is 0.393 e. The summed E-state index contributed by atoms with van der Waals surface area (Å²) >= 11 is 5.15. The molecule has 2 nitrogen and oxygen atoms in total. The molecule has 16 heavy (non-hydrogen) atoms. The molecular formula is C13H26N2S. The molecule has 1 heterocycles. The van der Waals surface area contributed by atoms with Crippen LogP contribution in [0.2, 0.25) is 0 Å². The lowest BCUT2D eigenvalue weighted by Gasteiger charge is -2.39. The molecule has 0 amide bonds. The van der Waals surface area contributed by atoms with Gasteiger partial charge in [0, 0.05) is 5.41 Å². The van der Waals surface area contributed by atoms with Crippen LogP contribution in [0, 0.1) is 10.8 Å². The van der Waals surface area contributed by atoms with Crippen molar-refractivity contribution in [3.63, 3.8) is 0 Å². The van der Waals surface area contributed by atoms with E-state index in [1.807, 2.05) is 0 Å². The molecule has 1 aliphatic rings. The molecule has 0 unspecified atom stereocenters. The van der Waals surface area contributed by atoms with Crippen LogP contribution >= 0.6 is 12.2 Å². The molecule has 1 saturated heterocycles. The molecule has 0 aliphatic carbocycles. The highest BCUT2D eigenvalue weighted by atomic mass is 32.1. The predicted molar refractivity (Wildman–Crippen MR) is 74.6 cm³/mol. The first-order valence-electron chi connectivity index (χ1n) is 6.25. The number of thiocarbonyl (C=S) groups is 1. The van der Waals surface area contributed by atoms with Gasteiger partial charge in [0.05, 0.1) is 4.99 Å². The van der Waals surface area contributed by atoms with E-state index in [4.69, 9.17) is 18.0 Å². The molecule has 3 heteroatoms. The lowest BCUT2D eigenvalue weighted by molar-refractivity contribution is 0.147.